The quantitative estimate of drug-likeness (QED) is 0.348. The van der Waals surface area contributed by atoms with Crippen molar-refractivity contribution in [3.63, 3.8) is 0 Å². The highest BCUT2D eigenvalue weighted by atomic mass is 35.5. The summed E-state index contributed by atoms with van der Waals surface area (Å²) in [5.74, 6) is 0. The molecule has 0 atom stereocenters. The van der Waals surface area contributed by atoms with E-state index in [2.05, 4.69) is 9.44 Å². The molecule has 0 spiro atoms. The number of rotatable bonds is 6. The number of fused-ring (bicyclic) bond motifs is 1. The highest BCUT2D eigenvalue weighted by molar-refractivity contribution is 7.93. The monoisotopic (exact) mass is 506 g/mol. The van der Waals surface area contributed by atoms with Gasteiger partial charge >= 0.3 is 0 Å². The van der Waals surface area contributed by atoms with Gasteiger partial charge in [0.15, 0.2) is 0 Å². The number of anilines is 2. The third-order valence-electron chi connectivity index (χ3n) is 4.56. The van der Waals surface area contributed by atoms with Crippen molar-refractivity contribution in [3.05, 3.63) is 95.0 Å². The van der Waals surface area contributed by atoms with Gasteiger partial charge < -0.3 is 0 Å². The zero-order chi connectivity index (χ0) is 22.9. The zero-order valence-corrected chi connectivity index (χ0v) is 19.4. The summed E-state index contributed by atoms with van der Waals surface area (Å²) in [7, 11) is -7.78. The van der Waals surface area contributed by atoms with Crippen molar-refractivity contribution in [1.82, 2.24) is 0 Å². The molecule has 0 unspecified atom stereocenters. The van der Waals surface area contributed by atoms with Gasteiger partial charge in [0.05, 0.1) is 15.5 Å². The van der Waals surface area contributed by atoms with Crippen LogP contribution in [0.5, 0.6) is 0 Å². The SMILES string of the molecule is O=S(=O)(Nc1cc(Cl)cc(Cl)c1)c1ccc(NS(=O)(=O)c2ccc3ccccc3c2)cc1. The van der Waals surface area contributed by atoms with Gasteiger partial charge in [-0.25, -0.2) is 16.8 Å². The summed E-state index contributed by atoms with van der Waals surface area (Å²) < 4.78 is 55.6. The normalized spacial score (nSPS) is 11.9. The molecule has 0 amide bonds. The third kappa shape index (κ3) is 4.99. The van der Waals surface area contributed by atoms with Crippen LogP contribution in [-0.4, -0.2) is 16.8 Å². The fourth-order valence-electron chi connectivity index (χ4n) is 3.08. The highest BCUT2D eigenvalue weighted by Crippen LogP contribution is 2.26. The maximum absolute atomic E-state index is 12.8. The van der Waals surface area contributed by atoms with E-state index in [1.165, 1.54) is 48.5 Å². The highest BCUT2D eigenvalue weighted by Gasteiger charge is 2.17. The van der Waals surface area contributed by atoms with Crippen molar-refractivity contribution >= 4 is 65.4 Å². The molecule has 0 radical (unpaired) electrons. The molecule has 0 aromatic heterocycles. The first kappa shape index (κ1) is 22.4. The summed E-state index contributed by atoms with van der Waals surface area (Å²) in [5.41, 5.74) is 0.437. The van der Waals surface area contributed by atoms with Crippen molar-refractivity contribution in [3.8, 4) is 0 Å². The first-order valence-electron chi connectivity index (χ1n) is 9.23. The fourth-order valence-corrected chi connectivity index (χ4v) is 5.74. The fraction of sp³-hybridized carbons (Fsp3) is 0. The van der Waals surface area contributed by atoms with E-state index in [1.807, 2.05) is 24.3 Å². The molecule has 0 fully saturated rings. The minimum Gasteiger partial charge on any atom is -0.280 e. The lowest BCUT2D eigenvalue weighted by Crippen LogP contribution is -2.14. The summed E-state index contributed by atoms with van der Waals surface area (Å²) in [6.07, 6.45) is 0. The Balaban J connectivity index is 1.54. The molecule has 0 bridgehead atoms. The Hall–Kier alpha value is -2.78. The summed E-state index contributed by atoms with van der Waals surface area (Å²) >= 11 is 11.8. The molecule has 0 heterocycles. The Bertz CT molecular complexity index is 1500. The van der Waals surface area contributed by atoms with Gasteiger partial charge in [-0.1, -0.05) is 53.5 Å². The maximum Gasteiger partial charge on any atom is 0.261 e. The molecule has 4 rings (SSSR count). The van der Waals surface area contributed by atoms with E-state index in [-0.39, 0.29) is 31.2 Å². The van der Waals surface area contributed by atoms with Crippen LogP contribution in [0.15, 0.2) is 94.7 Å². The molecule has 0 aliphatic carbocycles. The second-order valence-electron chi connectivity index (χ2n) is 6.90. The Morgan fingerprint density at radius 1 is 0.531 bits per heavy atom. The Kier molecular flexibility index (Phi) is 6.05. The Labute approximate surface area is 195 Å². The van der Waals surface area contributed by atoms with E-state index in [4.69, 9.17) is 23.2 Å². The van der Waals surface area contributed by atoms with Crippen LogP contribution in [-0.2, 0) is 20.0 Å². The molecule has 6 nitrogen and oxygen atoms in total. The first-order chi connectivity index (χ1) is 15.1. The standard InChI is InChI=1S/C22H16Cl2N2O4S2/c23-17-12-18(24)14-20(13-17)26-31(27,28)21-9-6-19(7-10-21)25-32(29,30)22-8-5-15-3-1-2-4-16(15)11-22/h1-14,25-26H. The maximum atomic E-state index is 12.8. The Morgan fingerprint density at radius 2 is 1.06 bits per heavy atom. The molecule has 10 heteroatoms. The molecule has 32 heavy (non-hydrogen) atoms. The second kappa shape index (κ2) is 8.63. The lowest BCUT2D eigenvalue weighted by molar-refractivity contribution is 0.600. The third-order valence-corrected chi connectivity index (χ3v) is 7.78. The van der Waals surface area contributed by atoms with Crippen LogP contribution >= 0.6 is 23.2 Å². The molecular weight excluding hydrogens is 491 g/mol. The number of hydrogen-bond donors (Lipinski definition) is 2. The number of benzene rings is 4. The molecule has 0 saturated carbocycles. The van der Waals surface area contributed by atoms with Gasteiger partial charge in [0.25, 0.3) is 20.0 Å². The molecular formula is C22H16Cl2N2O4S2. The summed E-state index contributed by atoms with van der Waals surface area (Å²) in [4.78, 5) is 0.0506. The minimum atomic E-state index is -3.93. The van der Waals surface area contributed by atoms with E-state index in [0.29, 0.717) is 0 Å². The predicted octanol–water partition coefficient (Wildman–Crippen LogP) is 5.75. The summed E-state index contributed by atoms with van der Waals surface area (Å²) in [6, 6.07) is 21.9. The molecule has 2 N–H and O–H groups in total. The van der Waals surface area contributed by atoms with Gasteiger partial charge in [-0.2, -0.15) is 0 Å². The minimum absolute atomic E-state index is 0.0535. The molecule has 0 aliphatic heterocycles. The van der Waals surface area contributed by atoms with Crippen LogP contribution in [0.4, 0.5) is 11.4 Å². The molecule has 4 aromatic carbocycles. The predicted molar refractivity (Wildman–Crippen MR) is 128 cm³/mol. The number of sulfonamides is 2. The number of nitrogens with one attached hydrogen (secondary N) is 2. The van der Waals surface area contributed by atoms with Crippen molar-refractivity contribution in [2.45, 2.75) is 9.79 Å². The van der Waals surface area contributed by atoms with Gasteiger partial charge in [0.2, 0.25) is 0 Å². The topological polar surface area (TPSA) is 92.3 Å². The van der Waals surface area contributed by atoms with E-state index >= 15 is 0 Å². The van der Waals surface area contributed by atoms with E-state index in [1.54, 1.807) is 12.1 Å². The average molecular weight is 507 g/mol. The number of hydrogen-bond acceptors (Lipinski definition) is 4. The van der Waals surface area contributed by atoms with Crippen molar-refractivity contribution < 1.29 is 16.8 Å². The summed E-state index contributed by atoms with van der Waals surface area (Å²) in [5, 5.41) is 2.29. The van der Waals surface area contributed by atoms with E-state index in [0.717, 1.165) is 10.8 Å². The molecule has 4 aromatic rings. The van der Waals surface area contributed by atoms with Gasteiger partial charge in [0, 0.05) is 15.7 Å². The molecule has 0 saturated heterocycles. The van der Waals surface area contributed by atoms with Gasteiger partial charge in [-0.05, 0) is 65.4 Å². The number of halogens is 2. The van der Waals surface area contributed by atoms with Crippen molar-refractivity contribution in [1.29, 1.82) is 0 Å². The molecule has 0 aliphatic rings. The van der Waals surface area contributed by atoms with Crippen LogP contribution in [0.25, 0.3) is 10.8 Å². The van der Waals surface area contributed by atoms with Gasteiger partial charge in [-0.15, -0.1) is 0 Å². The van der Waals surface area contributed by atoms with Gasteiger partial charge in [-0.3, -0.25) is 9.44 Å². The zero-order valence-electron chi connectivity index (χ0n) is 16.3. The van der Waals surface area contributed by atoms with E-state index < -0.39 is 20.0 Å². The lowest BCUT2D eigenvalue weighted by Gasteiger charge is -2.11. The van der Waals surface area contributed by atoms with Crippen LogP contribution in [0.2, 0.25) is 10.0 Å². The van der Waals surface area contributed by atoms with Crippen molar-refractivity contribution in [2.75, 3.05) is 9.44 Å². The molecule has 164 valence electrons. The van der Waals surface area contributed by atoms with Crippen LogP contribution in [0.1, 0.15) is 0 Å². The van der Waals surface area contributed by atoms with Crippen LogP contribution in [0.3, 0.4) is 0 Å². The lowest BCUT2D eigenvalue weighted by atomic mass is 10.1. The average Bonchev–Trinajstić information content (AvgIpc) is 2.72. The van der Waals surface area contributed by atoms with Crippen molar-refractivity contribution in [2.24, 2.45) is 0 Å². The first-order valence-corrected chi connectivity index (χ1v) is 13.0. The smallest absolute Gasteiger partial charge is 0.261 e. The largest absolute Gasteiger partial charge is 0.280 e. The van der Waals surface area contributed by atoms with E-state index in [9.17, 15) is 16.8 Å². The van der Waals surface area contributed by atoms with Crippen LogP contribution in [0, 0.1) is 0 Å². The Morgan fingerprint density at radius 3 is 1.72 bits per heavy atom. The second-order valence-corrected chi connectivity index (χ2v) is 11.1. The van der Waals surface area contributed by atoms with Crippen LogP contribution < -0.4 is 9.44 Å². The van der Waals surface area contributed by atoms with Gasteiger partial charge in [0.1, 0.15) is 0 Å². The summed E-state index contributed by atoms with van der Waals surface area (Å²) in [6.45, 7) is 0.